The molecule has 0 N–H and O–H groups in total. The van der Waals surface area contributed by atoms with Crippen molar-refractivity contribution in [1.29, 1.82) is 0 Å². The zero-order chi connectivity index (χ0) is 27.4. The van der Waals surface area contributed by atoms with Crippen molar-refractivity contribution in [1.82, 2.24) is 9.80 Å². The first-order valence-corrected chi connectivity index (χ1v) is 15.5. The number of carbonyl (C=O) groups excluding carboxylic acids is 4. The molecule has 0 atom stereocenters. The molecule has 2 aliphatic heterocycles. The van der Waals surface area contributed by atoms with Crippen molar-refractivity contribution in [3.8, 4) is 5.75 Å². The van der Waals surface area contributed by atoms with E-state index in [-0.39, 0.29) is 41.8 Å². The summed E-state index contributed by atoms with van der Waals surface area (Å²) >= 11 is 0. The second kappa shape index (κ2) is 9.06. The van der Waals surface area contributed by atoms with E-state index in [1.165, 1.54) is 9.80 Å². The Morgan fingerprint density at radius 2 is 0.974 bits per heavy atom. The van der Waals surface area contributed by atoms with Gasteiger partial charge in [-0.2, -0.15) is 0 Å². The highest BCUT2D eigenvalue weighted by Crippen LogP contribution is 2.38. The van der Waals surface area contributed by atoms with Gasteiger partial charge in [0.2, 0.25) is 8.32 Å². The van der Waals surface area contributed by atoms with Crippen LogP contribution in [0.1, 0.15) is 73.3 Å². The predicted molar refractivity (Wildman–Crippen MR) is 146 cm³/mol. The van der Waals surface area contributed by atoms with Crippen molar-refractivity contribution in [3.63, 3.8) is 0 Å². The molecule has 7 nitrogen and oxygen atoms in total. The fourth-order valence-electron chi connectivity index (χ4n) is 4.55. The molecule has 0 saturated heterocycles. The molecular weight excluding hydrogens is 496 g/mol. The smallest absolute Gasteiger partial charge is 0.261 e. The number of nitrogens with zero attached hydrogens (tertiary/aromatic N) is 2. The second-order valence-corrected chi connectivity index (χ2v) is 16.1. The number of imide groups is 2. The number of hydrogen-bond acceptors (Lipinski definition) is 5. The highest BCUT2D eigenvalue weighted by Gasteiger charge is 2.40. The van der Waals surface area contributed by atoms with Gasteiger partial charge in [-0.3, -0.25) is 29.0 Å². The van der Waals surface area contributed by atoms with Crippen molar-refractivity contribution in [2.75, 3.05) is 0 Å². The number of hydrogen-bond donors (Lipinski definition) is 0. The Morgan fingerprint density at radius 3 is 1.29 bits per heavy atom. The molecule has 5 rings (SSSR count). The quantitative estimate of drug-likeness (QED) is 0.306. The van der Waals surface area contributed by atoms with Gasteiger partial charge >= 0.3 is 0 Å². The first-order chi connectivity index (χ1) is 17.9. The van der Waals surface area contributed by atoms with Gasteiger partial charge in [-0.25, -0.2) is 0 Å². The van der Waals surface area contributed by atoms with Crippen LogP contribution in [0, 0.1) is 0 Å². The lowest BCUT2D eigenvalue weighted by Gasteiger charge is -2.36. The molecule has 0 unspecified atom stereocenters. The first kappa shape index (κ1) is 25.6. The highest BCUT2D eigenvalue weighted by atomic mass is 28.4. The molecule has 0 saturated carbocycles. The van der Waals surface area contributed by atoms with Crippen LogP contribution in [0.15, 0.2) is 66.7 Å². The SMILES string of the molecule is CC(C)(C)[Si](C)(C)Oc1cc(CN2C(=O)c3ccccc3C2=O)cc(CN2C(=O)c3ccccc3C2=O)c1. The molecule has 0 fully saturated rings. The minimum absolute atomic E-state index is 0.0518. The third kappa shape index (κ3) is 4.34. The fraction of sp³-hybridized carbons (Fsp3) is 0.267. The van der Waals surface area contributed by atoms with Crippen molar-refractivity contribution >= 4 is 31.9 Å². The molecule has 4 amide bonds. The average Bonchev–Trinajstić information content (AvgIpc) is 3.24. The molecule has 3 aromatic carbocycles. The third-order valence-electron chi connectivity index (χ3n) is 7.64. The van der Waals surface area contributed by atoms with Crippen LogP contribution in [-0.2, 0) is 13.1 Å². The van der Waals surface area contributed by atoms with Gasteiger partial charge in [-0.05, 0) is 65.7 Å². The molecule has 0 aliphatic carbocycles. The van der Waals surface area contributed by atoms with Crippen LogP contribution in [0.4, 0.5) is 0 Å². The van der Waals surface area contributed by atoms with E-state index in [0.717, 1.165) is 0 Å². The monoisotopic (exact) mass is 526 g/mol. The lowest BCUT2D eigenvalue weighted by Crippen LogP contribution is -2.44. The van der Waals surface area contributed by atoms with Gasteiger partial charge in [0.05, 0.1) is 35.3 Å². The van der Waals surface area contributed by atoms with E-state index in [2.05, 4.69) is 33.9 Å². The molecule has 2 aliphatic rings. The second-order valence-electron chi connectivity index (χ2n) is 11.3. The summed E-state index contributed by atoms with van der Waals surface area (Å²) in [5, 5.41) is -0.0613. The van der Waals surface area contributed by atoms with Gasteiger partial charge < -0.3 is 4.43 Å². The van der Waals surface area contributed by atoms with Crippen LogP contribution in [0.3, 0.4) is 0 Å². The lowest BCUT2D eigenvalue weighted by atomic mass is 10.1. The van der Waals surface area contributed by atoms with Crippen molar-refractivity contribution in [2.24, 2.45) is 0 Å². The Hall–Kier alpha value is -4.04. The number of amides is 4. The van der Waals surface area contributed by atoms with E-state index in [1.54, 1.807) is 48.5 Å². The van der Waals surface area contributed by atoms with Crippen molar-refractivity contribution in [3.05, 3.63) is 100 Å². The normalized spacial score (nSPS) is 15.3. The number of rotatable bonds is 6. The average molecular weight is 527 g/mol. The zero-order valence-corrected chi connectivity index (χ0v) is 23.2. The van der Waals surface area contributed by atoms with Gasteiger partial charge in [-0.15, -0.1) is 0 Å². The van der Waals surface area contributed by atoms with Gasteiger partial charge in [0, 0.05) is 0 Å². The predicted octanol–water partition coefficient (Wildman–Crippen LogP) is 5.66. The van der Waals surface area contributed by atoms with E-state index < -0.39 is 8.32 Å². The third-order valence-corrected chi connectivity index (χ3v) is 12.0. The molecule has 0 aromatic heterocycles. The van der Waals surface area contributed by atoms with E-state index >= 15 is 0 Å². The Kier molecular flexibility index (Phi) is 6.10. The van der Waals surface area contributed by atoms with E-state index in [1.807, 2.05) is 18.2 Å². The minimum atomic E-state index is -2.23. The maximum absolute atomic E-state index is 13.0. The van der Waals surface area contributed by atoms with Crippen LogP contribution >= 0.6 is 0 Å². The summed E-state index contributed by atoms with van der Waals surface area (Å²) in [7, 11) is -2.23. The van der Waals surface area contributed by atoms with Crippen LogP contribution in [-0.4, -0.2) is 41.7 Å². The summed E-state index contributed by atoms with van der Waals surface area (Å²) in [5.74, 6) is -0.782. The van der Waals surface area contributed by atoms with Gasteiger partial charge in [0.25, 0.3) is 23.6 Å². The van der Waals surface area contributed by atoms with Crippen molar-refractivity contribution in [2.45, 2.75) is 52.0 Å². The maximum atomic E-state index is 13.0. The van der Waals surface area contributed by atoms with Gasteiger partial charge in [0.15, 0.2) is 0 Å². The summed E-state index contributed by atoms with van der Waals surface area (Å²) in [6.45, 7) is 10.8. The lowest BCUT2D eigenvalue weighted by molar-refractivity contribution is 0.0630. The van der Waals surface area contributed by atoms with Gasteiger partial charge in [-0.1, -0.05) is 51.1 Å². The zero-order valence-electron chi connectivity index (χ0n) is 22.2. The van der Waals surface area contributed by atoms with E-state index in [4.69, 9.17) is 4.43 Å². The Balaban J connectivity index is 1.49. The van der Waals surface area contributed by atoms with E-state index in [9.17, 15) is 19.2 Å². The van der Waals surface area contributed by atoms with Crippen molar-refractivity contribution < 1.29 is 23.6 Å². The molecule has 0 bridgehead atoms. The first-order valence-electron chi connectivity index (χ1n) is 12.6. The topological polar surface area (TPSA) is 84.0 Å². The molecule has 2 heterocycles. The largest absolute Gasteiger partial charge is 0.543 e. The molecule has 38 heavy (non-hydrogen) atoms. The molecule has 0 spiro atoms. The van der Waals surface area contributed by atoms with Gasteiger partial charge in [0.1, 0.15) is 5.75 Å². The molecule has 194 valence electrons. The molecular formula is C30H30N2O5Si. The Labute approximate surface area is 223 Å². The number of fused-ring (bicyclic) bond motifs is 2. The van der Waals surface area contributed by atoms with Crippen LogP contribution < -0.4 is 4.43 Å². The summed E-state index contributed by atoms with van der Waals surface area (Å²) in [5.41, 5.74) is 2.91. The number of carbonyl (C=O) groups is 4. The van der Waals surface area contributed by atoms with Crippen LogP contribution in [0.2, 0.25) is 18.1 Å². The molecule has 3 aromatic rings. The highest BCUT2D eigenvalue weighted by molar-refractivity contribution is 6.74. The number of benzene rings is 3. The summed E-state index contributed by atoms with van der Waals surface area (Å²) < 4.78 is 6.57. The Bertz CT molecular complexity index is 1340. The van der Waals surface area contributed by atoms with Crippen LogP contribution in [0.25, 0.3) is 0 Å². The summed E-state index contributed by atoms with van der Waals surface area (Å²) in [4.78, 5) is 54.5. The molecule has 0 radical (unpaired) electrons. The maximum Gasteiger partial charge on any atom is 0.261 e. The van der Waals surface area contributed by atoms with Crippen LogP contribution in [0.5, 0.6) is 5.75 Å². The standard InChI is InChI=1S/C30H30N2O5Si/c1-30(2,3)38(4,5)37-21-15-19(17-31-26(33)22-10-6-7-11-23(22)27(31)34)14-20(16-21)18-32-28(35)24-12-8-9-13-25(24)29(32)36/h6-16H,17-18H2,1-5H3. The summed E-state index contributed by atoms with van der Waals surface area (Å²) in [6, 6.07) is 19.1. The fourth-order valence-corrected chi connectivity index (χ4v) is 5.56. The summed E-state index contributed by atoms with van der Waals surface area (Å²) in [6.07, 6.45) is 0. The van der Waals surface area contributed by atoms with E-state index in [0.29, 0.717) is 39.1 Å². The Morgan fingerprint density at radius 1 is 0.632 bits per heavy atom. The minimum Gasteiger partial charge on any atom is -0.543 e. The molecule has 8 heteroatoms.